The van der Waals surface area contributed by atoms with Gasteiger partial charge >= 0.3 is 0 Å². The molecule has 1 saturated heterocycles. The third-order valence-electron chi connectivity index (χ3n) is 3.92. The summed E-state index contributed by atoms with van der Waals surface area (Å²) in [5.41, 5.74) is 9.21. The molecule has 3 rings (SSSR count). The molecule has 2 heterocycles. The van der Waals surface area contributed by atoms with E-state index in [1.165, 1.54) is 18.4 Å². The van der Waals surface area contributed by atoms with Gasteiger partial charge in [0.15, 0.2) is 11.6 Å². The molecule has 0 atom stereocenters. The first-order chi connectivity index (χ1) is 10.3. The van der Waals surface area contributed by atoms with Gasteiger partial charge in [-0.25, -0.2) is 9.97 Å². The smallest absolute Gasteiger partial charge is 0.159 e. The fourth-order valence-electron chi connectivity index (χ4n) is 2.74. The first-order valence-corrected chi connectivity index (χ1v) is 7.50. The molecule has 2 aromatic rings. The SMILES string of the molecule is CCc1ccccc1Nc1ncnc(N2CCCC2)c1N. The van der Waals surface area contributed by atoms with Crippen LogP contribution in [0.5, 0.6) is 0 Å². The van der Waals surface area contributed by atoms with E-state index in [4.69, 9.17) is 5.73 Å². The highest BCUT2D eigenvalue weighted by Gasteiger charge is 2.18. The third-order valence-corrected chi connectivity index (χ3v) is 3.92. The van der Waals surface area contributed by atoms with Crippen molar-refractivity contribution < 1.29 is 0 Å². The zero-order chi connectivity index (χ0) is 14.7. The zero-order valence-corrected chi connectivity index (χ0v) is 12.3. The Hall–Kier alpha value is -2.30. The quantitative estimate of drug-likeness (QED) is 0.903. The minimum absolute atomic E-state index is 0.630. The molecule has 3 N–H and O–H groups in total. The van der Waals surface area contributed by atoms with Crippen molar-refractivity contribution >= 4 is 23.0 Å². The van der Waals surface area contributed by atoms with Crippen LogP contribution in [0.15, 0.2) is 30.6 Å². The van der Waals surface area contributed by atoms with Crippen molar-refractivity contribution in [2.24, 2.45) is 0 Å². The van der Waals surface area contributed by atoms with Gasteiger partial charge in [0.1, 0.15) is 12.0 Å². The van der Waals surface area contributed by atoms with Gasteiger partial charge in [-0.05, 0) is 30.9 Å². The molecule has 0 amide bonds. The number of nitrogens with one attached hydrogen (secondary N) is 1. The third kappa shape index (κ3) is 2.77. The second-order valence-corrected chi connectivity index (χ2v) is 5.29. The zero-order valence-electron chi connectivity index (χ0n) is 12.3. The maximum absolute atomic E-state index is 6.27. The number of nitrogens with two attached hydrogens (primary N) is 1. The van der Waals surface area contributed by atoms with Crippen molar-refractivity contribution in [3.63, 3.8) is 0 Å². The van der Waals surface area contributed by atoms with E-state index >= 15 is 0 Å². The molecule has 1 aliphatic rings. The van der Waals surface area contributed by atoms with Crippen LogP contribution in [0.3, 0.4) is 0 Å². The predicted octanol–water partition coefficient (Wildman–Crippen LogP) is 2.96. The van der Waals surface area contributed by atoms with Crippen molar-refractivity contribution in [1.29, 1.82) is 0 Å². The van der Waals surface area contributed by atoms with Crippen LogP contribution in [-0.4, -0.2) is 23.1 Å². The van der Waals surface area contributed by atoms with Crippen LogP contribution >= 0.6 is 0 Å². The Bertz CT molecular complexity index is 620. The molecular weight excluding hydrogens is 262 g/mol. The molecule has 0 unspecified atom stereocenters. The van der Waals surface area contributed by atoms with Gasteiger partial charge in [-0.15, -0.1) is 0 Å². The number of aromatic nitrogens is 2. The first-order valence-electron chi connectivity index (χ1n) is 7.50. The highest BCUT2D eigenvalue weighted by Crippen LogP contribution is 2.31. The molecule has 0 radical (unpaired) electrons. The molecule has 5 heteroatoms. The first kappa shape index (κ1) is 13.7. The van der Waals surface area contributed by atoms with E-state index < -0.39 is 0 Å². The Morgan fingerprint density at radius 3 is 2.71 bits per heavy atom. The van der Waals surface area contributed by atoms with Crippen LogP contribution in [0.2, 0.25) is 0 Å². The van der Waals surface area contributed by atoms with Gasteiger partial charge < -0.3 is 16.0 Å². The molecule has 110 valence electrons. The van der Waals surface area contributed by atoms with Gasteiger partial charge in [0.05, 0.1) is 0 Å². The van der Waals surface area contributed by atoms with Gasteiger partial charge in [0.2, 0.25) is 0 Å². The number of rotatable bonds is 4. The summed E-state index contributed by atoms with van der Waals surface area (Å²) in [4.78, 5) is 10.9. The predicted molar refractivity (Wildman–Crippen MR) is 87.0 cm³/mol. The minimum Gasteiger partial charge on any atom is -0.393 e. The van der Waals surface area contributed by atoms with Crippen molar-refractivity contribution in [2.75, 3.05) is 29.0 Å². The fraction of sp³-hybridized carbons (Fsp3) is 0.375. The van der Waals surface area contributed by atoms with E-state index in [0.717, 1.165) is 31.0 Å². The number of nitrogen functional groups attached to an aromatic ring is 1. The van der Waals surface area contributed by atoms with E-state index in [1.807, 2.05) is 12.1 Å². The monoisotopic (exact) mass is 283 g/mol. The average Bonchev–Trinajstić information content (AvgIpc) is 3.04. The average molecular weight is 283 g/mol. The lowest BCUT2D eigenvalue weighted by molar-refractivity contribution is 0.931. The minimum atomic E-state index is 0.630. The van der Waals surface area contributed by atoms with Crippen LogP contribution in [0, 0.1) is 0 Å². The Labute approximate surface area is 125 Å². The topological polar surface area (TPSA) is 67.1 Å². The summed E-state index contributed by atoms with van der Waals surface area (Å²) in [5.74, 6) is 1.53. The summed E-state index contributed by atoms with van der Waals surface area (Å²) in [6.07, 6.45) is 4.95. The number of nitrogens with zero attached hydrogens (tertiary/aromatic N) is 3. The normalized spacial score (nSPS) is 14.4. The molecule has 0 saturated carbocycles. The van der Waals surface area contributed by atoms with Gasteiger partial charge in [-0.3, -0.25) is 0 Å². The summed E-state index contributed by atoms with van der Waals surface area (Å²) in [6.45, 7) is 4.18. The lowest BCUT2D eigenvalue weighted by Crippen LogP contribution is -2.21. The van der Waals surface area contributed by atoms with E-state index in [2.05, 4.69) is 39.2 Å². The number of hydrogen-bond acceptors (Lipinski definition) is 5. The van der Waals surface area contributed by atoms with E-state index in [1.54, 1.807) is 6.33 Å². The molecule has 0 bridgehead atoms. The summed E-state index contributed by atoms with van der Waals surface area (Å²) < 4.78 is 0. The van der Waals surface area contributed by atoms with Crippen molar-refractivity contribution in [1.82, 2.24) is 9.97 Å². The van der Waals surface area contributed by atoms with Crippen molar-refractivity contribution in [2.45, 2.75) is 26.2 Å². The molecule has 1 aromatic heterocycles. The highest BCUT2D eigenvalue weighted by molar-refractivity contribution is 5.79. The Morgan fingerprint density at radius 1 is 1.19 bits per heavy atom. The van der Waals surface area contributed by atoms with Crippen molar-refractivity contribution in [3.8, 4) is 0 Å². The van der Waals surface area contributed by atoms with E-state index in [0.29, 0.717) is 11.5 Å². The van der Waals surface area contributed by atoms with Crippen LogP contribution in [-0.2, 0) is 6.42 Å². The molecule has 0 aliphatic carbocycles. The van der Waals surface area contributed by atoms with Crippen LogP contribution < -0.4 is 16.0 Å². The molecule has 1 fully saturated rings. The molecular formula is C16H21N5. The number of para-hydroxylation sites is 1. The Kier molecular flexibility index (Phi) is 3.90. The summed E-state index contributed by atoms with van der Waals surface area (Å²) in [7, 11) is 0. The molecule has 1 aromatic carbocycles. The summed E-state index contributed by atoms with van der Waals surface area (Å²) >= 11 is 0. The summed E-state index contributed by atoms with van der Waals surface area (Å²) in [6, 6.07) is 8.22. The van der Waals surface area contributed by atoms with E-state index in [-0.39, 0.29) is 0 Å². The maximum Gasteiger partial charge on any atom is 0.159 e. The van der Waals surface area contributed by atoms with E-state index in [9.17, 15) is 0 Å². The van der Waals surface area contributed by atoms with Crippen molar-refractivity contribution in [3.05, 3.63) is 36.2 Å². The number of hydrogen-bond donors (Lipinski definition) is 2. The summed E-state index contributed by atoms with van der Waals surface area (Å²) in [5, 5.41) is 3.35. The molecule has 5 nitrogen and oxygen atoms in total. The molecule has 0 spiro atoms. The van der Waals surface area contributed by atoms with Crippen LogP contribution in [0.25, 0.3) is 0 Å². The largest absolute Gasteiger partial charge is 0.393 e. The van der Waals surface area contributed by atoms with Gasteiger partial charge in [-0.1, -0.05) is 25.1 Å². The standard InChI is InChI=1S/C16H21N5/c1-2-12-7-3-4-8-13(12)20-15-14(17)16(19-11-18-15)21-9-5-6-10-21/h3-4,7-8,11H,2,5-6,9-10,17H2,1H3,(H,18,19,20). The van der Waals surface area contributed by atoms with Crippen LogP contribution in [0.1, 0.15) is 25.3 Å². The number of anilines is 4. The number of benzene rings is 1. The van der Waals surface area contributed by atoms with Gasteiger partial charge in [0, 0.05) is 18.8 Å². The Morgan fingerprint density at radius 2 is 1.95 bits per heavy atom. The molecule has 1 aliphatic heterocycles. The lowest BCUT2D eigenvalue weighted by Gasteiger charge is -2.20. The molecule has 21 heavy (non-hydrogen) atoms. The number of aryl methyl sites for hydroxylation is 1. The van der Waals surface area contributed by atoms with Gasteiger partial charge in [-0.2, -0.15) is 0 Å². The fourth-order valence-corrected chi connectivity index (χ4v) is 2.74. The lowest BCUT2D eigenvalue weighted by atomic mass is 10.1. The second-order valence-electron chi connectivity index (χ2n) is 5.29. The maximum atomic E-state index is 6.27. The second kappa shape index (κ2) is 5.99. The highest BCUT2D eigenvalue weighted by atomic mass is 15.2. The Balaban J connectivity index is 1.90. The van der Waals surface area contributed by atoms with Gasteiger partial charge in [0.25, 0.3) is 0 Å². The van der Waals surface area contributed by atoms with Crippen LogP contribution in [0.4, 0.5) is 23.0 Å².